The summed E-state index contributed by atoms with van der Waals surface area (Å²) in [5.41, 5.74) is 0.527. The topological polar surface area (TPSA) is 70.2 Å². The van der Waals surface area contributed by atoms with E-state index in [1.807, 2.05) is 0 Å². The Balaban J connectivity index is 2.07. The van der Waals surface area contributed by atoms with Gasteiger partial charge in [-0.3, -0.25) is 9.59 Å². The lowest BCUT2D eigenvalue weighted by Gasteiger charge is -2.22. The van der Waals surface area contributed by atoms with E-state index in [1.165, 1.54) is 25.1 Å². The molecule has 0 aromatic heterocycles. The maximum atomic E-state index is 13.7. The van der Waals surface area contributed by atoms with Gasteiger partial charge in [-0.15, -0.1) is 0 Å². The van der Waals surface area contributed by atoms with E-state index < -0.39 is 5.82 Å². The van der Waals surface area contributed by atoms with Gasteiger partial charge in [0, 0.05) is 12.6 Å². The molecule has 1 atom stereocenters. The number of anilines is 2. The first-order valence-corrected chi connectivity index (χ1v) is 6.67. The number of hydrogen-bond acceptors (Lipinski definition) is 3. The predicted molar refractivity (Wildman–Crippen MR) is 75.0 cm³/mol. The summed E-state index contributed by atoms with van der Waals surface area (Å²) in [6, 6.07) is 3.80. The number of carbonyl (C=O) groups excluding carboxylic acids is 2. The van der Waals surface area contributed by atoms with Crippen molar-refractivity contribution in [3.05, 3.63) is 24.0 Å². The number of amides is 2. The molecule has 1 saturated heterocycles. The Bertz CT molecular complexity index is 513. The summed E-state index contributed by atoms with van der Waals surface area (Å²) in [5, 5.41) is 8.22. The monoisotopic (exact) mass is 279 g/mol. The minimum atomic E-state index is -0.525. The molecule has 0 saturated carbocycles. The molecule has 1 heterocycles. The second kappa shape index (κ2) is 6.47. The third-order valence-corrected chi connectivity index (χ3v) is 3.17. The molecule has 1 aromatic rings. The molecule has 2 amide bonds. The highest BCUT2D eigenvalue weighted by molar-refractivity contribution is 5.96. The fourth-order valence-corrected chi connectivity index (χ4v) is 2.20. The van der Waals surface area contributed by atoms with Crippen LogP contribution >= 0.6 is 0 Å². The third-order valence-electron chi connectivity index (χ3n) is 3.17. The largest absolute Gasteiger partial charge is 0.326 e. The molecular weight excluding hydrogens is 261 g/mol. The highest BCUT2D eigenvalue weighted by atomic mass is 19.1. The van der Waals surface area contributed by atoms with Crippen LogP contribution in [0.4, 0.5) is 15.8 Å². The molecule has 6 heteroatoms. The van der Waals surface area contributed by atoms with E-state index in [2.05, 4.69) is 16.0 Å². The van der Waals surface area contributed by atoms with Gasteiger partial charge >= 0.3 is 0 Å². The quantitative estimate of drug-likeness (QED) is 0.791. The summed E-state index contributed by atoms with van der Waals surface area (Å²) in [5.74, 6) is -1.02. The minimum absolute atomic E-state index is 0.0774. The van der Waals surface area contributed by atoms with Crippen molar-refractivity contribution >= 4 is 23.2 Å². The van der Waals surface area contributed by atoms with Crippen LogP contribution < -0.4 is 16.0 Å². The van der Waals surface area contributed by atoms with E-state index in [0.29, 0.717) is 5.69 Å². The molecule has 1 aliphatic heterocycles. The van der Waals surface area contributed by atoms with Gasteiger partial charge in [0.15, 0.2) is 0 Å². The lowest BCUT2D eigenvalue weighted by molar-refractivity contribution is -0.118. The third kappa shape index (κ3) is 3.77. The van der Waals surface area contributed by atoms with Crippen LogP contribution in [0.5, 0.6) is 0 Å². The van der Waals surface area contributed by atoms with E-state index in [9.17, 15) is 14.0 Å². The molecule has 1 fully saturated rings. The Kier molecular flexibility index (Phi) is 4.68. The summed E-state index contributed by atoms with van der Waals surface area (Å²) in [6.45, 7) is 2.17. The van der Waals surface area contributed by atoms with Gasteiger partial charge in [0.2, 0.25) is 11.8 Å². The highest BCUT2D eigenvalue weighted by Crippen LogP contribution is 2.20. The molecule has 1 aromatic carbocycles. The molecular formula is C14H18FN3O2. The molecule has 5 nitrogen and oxygen atoms in total. The van der Waals surface area contributed by atoms with Gasteiger partial charge < -0.3 is 16.0 Å². The standard InChI is InChI=1S/C14H18FN3O2/c1-9(19)17-10-5-6-11(15)13(8-10)18-14(20)12-4-2-3-7-16-12/h5-6,8,12,16H,2-4,7H2,1H3,(H,17,19)(H,18,20)/t12-/m0/s1. The average Bonchev–Trinajstić information content (AvgIpc) is 2.43. The molecule has 0 aliphatic carbocycles. The van der Waals surface area contributed by atoms with Crippen LogP contribution in [0, 0.1) is 5.82 Å². The molecule has 0 spiro atoms. The fourth-order valence-electron chi connectivity index (χ4n) is 2.20. The second-order valence-corrected chi connectivity index (χ2v) is 4.87. The van der Waals surface area contributed by atoms with Crippen LogP contribution in [0.25, 0.3) is 0 Å². The van der Waals surface area contributed by atoms with Crippen molar-refractivity contribution in [3.63, 3.8) is 0 Å². The molecule has 0 radical (unpaired) electrons. The maximum Gasteiger partial charge on any atom is 0.241 e. The van der Waals surface area contributed by atoms with E-state index in [0.717, 1.165) is 25.8 Å². The van der Waals surface area contributed by atoms with Crippen LogP contribution in [-0.2, 0) is 9.59 Å². The molecule has 1 aliphatic rings. The summed E-state index contributed by atoms with van der Waals surface area (Å²) in [4.78, 5) is 23.0. The number of halogens is 1. The summed E-state index contributed by atoms with van der Waals surface area (Å²) >= 11 is 0. The highest BCUT2D eigenvalue weighted by Gasteiger charge is 2.21. The zero-order valence-corrected chi connectivity index (χ0v) is 11.3. The van der Waals surface area contributed by atoms with E-state index >= 15 is 0 Å². The van der Waals surface area contributed by atoms with Crippen molar-refractivity contribution < 1.29 is 14.0 Å². The number of benzene rings is 1. The molecule has 0 unspecified atom stereocenters. The van der Waals surface area contributed by atoms with Crippen molar-refractivity contribution in [1.29, 1.82) is 0 Å². The van der Waals surface area contributed by atoms with Crippen molar-refractivity contribution in [1.82, 2.24) is 5.32 Å². The maximum absolute atomic E-state index is 13.7. The molecule has 3 N–H and O–H groups in total. The fraction of sp³-hybridized carbons (Fsp3) is 0.429. The van der Waals surface area contributed by atoms with Gasteiger partial charge in [0.05, 0.1) is 11.7 Å². The molecule has 20 heavy (non-hydrogen) atoms. The van der Waals surface area contributed by atoms with Crippen molar-refractivity contribution in [2.75, 3.05) is 17.2 Å². The normalized spacial score (nSPS) is 18.4. The number of piperidine rings is 1. The van der Waals surface area contributed by atoms with Crippen LogP contribution in [0.15, 0.2) is 18.2 Å². The van der Waals surface area contributed by atoms with Crippen LogP contribution in [-0.4, -0.2) is 24.4 Å². The Labute approximate surface area is 116 Å². The number of nitrogens with one attached hydrogen (secondary N) is 3. The first kappa shape index (κ1) is 14.5. The van der Waals surface area contributed by atoms with Crippen molar-refractivity contribution in [3.8, 4) is 0 Å². The second-order valence-electron chi connectivity index (χ2n) is 4.87. The van der Waals surface area contributed by atoms with Crippen LogP contribution in [0.2, 0.25) is 0 Å². The Morgan fingerprint density at radius 2 is 2.10 bits per heavy atom. The van der Waals surface area contributed by atoms with Gasteiger partial charge in [-0.25, -0.2) is 4.39 Å². The zero-order chi connectivity index (χ0) is 14.5. The minimum Gasteiger partial charge on any atom is -0.326 e. The first-order chi connectivity index (χ1) is 9.56. The zero-order valence-electron chi connectivity index (χ0n) is 11.3. The van der Waals surface area contributed by atoms with Gasteiger partial charge in [-0.05, 0) is 37.6 Å². The Morgan fingerprint density at radius 3 is 2.75 bits per heavy atom. The molecule has 108 valence electrons. The number of carbonyl (C=O) groups is 2. The van der Waals surface area contributed by atoms with E-state index in [-0.39, 0.29) is 23.5 Å². The number of rotatable bonds is 3. The Hall–Kier alpha value is -1.95. The lowest BCUT2D eigenvalue weighted by atomic mass is 10.0. The Morgan fingerprint density at radius 1 is 1.30 bits per heavy atom. The summed E-state index contributed by atoms with van der Waals surface area (Å²) in [7, 11) is 0. The average molecular weight is 279 g/mol. The van der Waals surface area contributed by atoms with Gasteiger partial charge in [0.25, 0.3) is 0 Å². The number of hydrogen-bond donors (Lipinski definition) is 3. The van der Waals surface area contributed by atoms with Crippen molar-refractivity contribution in [2.24, 2.45) is 0 Å². The SMILES string of the molecule is CC(=O)Nc1ccc(F)c(NC(=O)[C@@H]2CCCCN2)c1. The predicted octanol–water partition coefficient (Wildman–Crippen LogP) is 1.86. The summed E-state index contributed by atoms with van der Waals surface area (Å²) < 4.78 is 13.7. The van der Waals surface area contributed by atoms with E-state index in [4.69, 9.17) is 0 Å². The van der Waals surface area contributed by atoms with Crippen LogP contribution in [0.3, 0.4) is 0 Å². The molecule has 0 bridgehead atoms. The first-order valence-electron chi connectivity index (χ1n) is 6.67. The molecule has 2 rings (SSSR count). The van der Waals surface area contributed by atoms with Gasteiger partial charge in [-0.1, -0.05) is 6.42 Å². The summed E-state index contributed by atoms with van der Waals surface area (Å²) in [6.07, 6.45) is 2.79. The smallest absolute Gasteiger partial charge is 0.241 e. The lowest BCUT2D eigenvalue weighted by Crippen LogP contribution is -2.43. The van der Waals surface area contributed by atoms with E-state index in [1.54, 1.807) is 0 Å². The van der Waals surface area contributed by atoms with Gasteiger partial charge in [-0.2, -0.15) is 0 Å². The van der Waals surface area contributed by atoms with Crippen LogP contribution in [0.1, 0.15) is 26.2 Å². The van der Waals surface area contributed by atoms with Crippen molar-refractivity contribution in [2.45, 2.75) is 32.2 Å². The van der Waals surface area contributed by atoms with Gasteiger partial charge in [0.1, 0.15) is 5.82 Å².